The van der Waals surface area contributed by atoms with E-state index in [4.69, 9.17) is 16.7 Å². The maximum atomic E-state index is 12.0. The Morgan fingerprint density at radius 1 is 1.33 bits per heavy atom. The van der Waals surface area contributed by atoms with Crippen LogP contribution in [0.2, 0.25) is 5.02 Å². The highest BCUT2D eigenvalue weighted by atomic mass is 35.5. The summed E-state index contributed by atoms with van der Waals surface area (Å²) in [5.74, 6) is -1.39. The van der Waals surface area contributed by atoms with Crippen LogP contribution in [0.25, 0.3) is 0 Å². The lowest BCUT2D eigenvalue weighted by Gasteiger charge is -2.09. The van der Waals surface area contributed by atoms with Crippen molar-refractivity contribution in [3.8, 4) is 0 Å². The Morgan fingerprint density at radius 3 is 2.76 bits per heavy atom. The van der Waals surface area contributed by atoms with Gasteiger partial charge in [0.15, 0.2) is 0 Å². The number of nitrogens with one attached hydrogen (secondary N) is 1. The molecule has 0 saturated carbocycles. The van der Waals surface area contributed by atoms with Crippen LogP contribution in [0.1, 0.15) is 21.6 Å². The monoisotopic (exact) mass is 304 g/mol. The van der Waals surface area contributed by atoms with Gasteiger partial charge in [0.2, 0.25) is 5.91 Å². The summed E-state index contributed by atoms with van der Waals surface area (Å²) in [5, 5.41) is 11.8. The summed E-state index contributed by atoms with van der Waals surface area (Å²) >= 11 is 5.96. The molecule has 0 unspecified atom stereocenters. The summed E-state index contributed by atoms with van der Waals surface area (Å²) in [6, 6.07) is 7.81. The number of carbonyl (C=O) groups is 2. The molecule has 2 rings (SSSR count). The summed E-state index contributed by atoms with van der Waals surface area (Å²) in [7, 11) is 0. The van der Waals surface area contributed by atoms with E-state index in [0.717, 1.165) is 5.56 Å². The molecule has 1 heterocycles. The number of hydrogen-bond acceptors (Lipinski definition) is 3. The first kappa shape index (κ1) is 15.0. The van der Waals surface area contributed by atoms with Gasteiger partial charge in [0.05, 0.1) is 28.4 Å². The number of carboxylic acids is 1. The highest BCUT2D eigenvalue weighted by Gasteiger charge is 2.12. The van der Waals surface area contributed by atoms with Gasteiger partial charge in [0.1, 0.15) is 0 Å². The number of carboxylic acid groups (broad SMARTS) is 1. The number of nitrogens with zero attached hydrogens (tertiary/aromatic N) is 1. The van der Waals surface area contributed by atoms with Gasteiger partial charge in [-0.15, -0.1) is 0 Å². The molecule has 0 aliphatic carbocycles. The Balaban J connectivity index is 2.15. The molecule has 21 heavy (non-hydrogen) atoms. The van der Waals surface area contributed by atoms with E-state index < -0.39 is 5.97 Å². The van der Waals surface area contributed by atoms with Crippen molar-refractivity contribution < 1.29 is 14.7 Å². The van der Waals surface area contributed by atoms with Crippen LogP contribution in [0.4, 0.5) is 5.69 Å². The molecule has 1 aromatic heterocycles. The van der Waals surface area contributed by atoms with Gasteiger partial charge < -0.3 is 10.4 Å². The number of amides is 1. The first-order valence-corrected chi connectivity index (χ1v) is 6.58. The molecule has 5 nitrogen and oxygen atoms in total. The highest BCUT2D eigenvalue weighted by molar-refractivity contribution is 6.33. The number of pyridine rings is 1. The van der Waals surface area contributed by atoms with Crippen molar-refractivity contribution >= 4 is 29.2 Å². The van der Waals surface area contributed by atoms with Crippen LogP contribution in [0.3, 0.4) is 0 Å². The van der Waals surface area contributed by atoms with Crippen LogP contribution in [0.5, 0.6) is 0 Å². The number of aryl methyl sites for hydroxylation is 1. The number of halogens is 1. The van der Waals surface area contributed by atoms with Gasteiger partial charge in [-0.05, 0) is 36.8 Å². The van der Waals surface area contributed by atoms with Crippen molar-refractivity contribution in [3.05, 3.63) is 58.4 Å². The Kier molecular flexibility index (Phi) is 4.55. The fraction of sp³-hybridized carbons (Fsp3) is 0.133. The van der Waals surface area contributed by atoms with Crippen LogP contribution < -0.4 is 5.32 Å². The smallest absolute Gasteiger partial charge is 0.335 e. The van der Waals surface area contributed by atoms with Gasteiger partial charge in [0, 0.05) is 6.20 Å². The minimum atomic E-state index is -1.08. The second kappa shape index (κ2) is 6.37. The van der Waals surface area contributed by atoms with Crippen molar-refractivity contribution in [1.29, 1.82) is 0 Å². The third-order valence-electron chi connectivity index (χ3n) is 2.93. The van der Waals surface area contributed by atoms with Crippen molar-refractivity contribution in [3.63, 3.8) is 0 Å². The van der Waals surface area contributed by atoms with E-state index in [1.165, 1.54) is 18.2 Å². The van der Waals surface area contributed by atoms with Crippen LogP contribution in [-0.4, -0.2) is 22.0 Å². The number of anilines is 1. The fourth-order valence-electron chi connectivity index (χ4n) is 1.80. The first-order chi connectivity index (χ1) is 9.97. The maximum absolute atomic E-state index is 12.0. The molecule has 0 aliphatic rings. The van der Waals surface area contributed by atoms with E-state index >= 15 is 0 Å². The Labute approximate surface area is 126 Å². The molecule has 0 fully saturated rings. The SMILES string of the molecule is Cc1cccnc1CC(=O)Nc1cc(C(=O)O)ccc1Cl. The number of rotatable bonds is 4. The molecule has 0 spiro atoms. The van der Waals surface area contributed by atoms with Crippen molar-refractivity contribution in [2.45, 2.75) is 13.3 Å². The third-order valence-corrected chi connectivity index (χ3v) is 3.26. The molecule has 108 valence electrons. The molecular formula is C15H13ClN2O3. The van der Waals surface area contributed by atoms with Crippen molar-refractivity contribution in [1.82, 2.24) is 4.98 Å². The molecule has 0 atom stereocenters. The van der Waals surface area contributed by atoms with Crippen molar-refractivity contribution in [2.24, 2.45) is 0 Å². The lowest BCUT2D eigenvalue weighted by Crippen LogP contribution is -2.16. The predicted molar refractivity (Wildman–Crippen MR) is 79.7 cm³/mol. The first-order valence-electron chi connectivity index (χ1n) is 6.20. The standard InChI is InChI=1S/C15H13ClN2O3/c1-9-3-2-6-17-12(9)8-14(19)18-13-7-10(15(20)21)4-5-11(13)16/h2-7H,8H2,1H3,(H,18,19)(H,20,21). The second-order valence-electron chi connectivity index (χ2n) is 4.49. The number of aromatic nitrogens is 1. The van der Waals surface area contributed by atoms with E-state index in [-0.39, 0.29) is 28.6 Å². The Morgan fingerprint density at radius 2 is 2.10 bits per heavy atom. The zero-order valence-electron chi connectivity index (χ0n) is 11.3. The number of benzene rings is 1. The number of aromatic carboxylic acids is 1. The second-order valence-corrected chi connectivity index (χ2v) is 4.90. The van der Waals surface area contributed by atoms with Gasteiger partial charge in [-0.2, -0.15) is 0 Å². The number of carbonyl (C=O) groups excluding carboxylic acids is 1. The largest absolute Gasteiger partial charge is 0.478 e. The summed E-state index contributed by atoms with van der Waals surface area (Å²) in [6.45, 7) is 1.87. The van der Waals surface area contributed by atoms with Gasteiger partial charge in [-0.1, -0.05) is 17.7 Å². The highest BCUT2D eigenvalue weighted by Crippen LogP contribution is 2.23. The molecule has 1 aromatic carbocycles. The third kappa shape index (κ3) is 3.79. The van der Waals surface area contributed by atoms with Gasteiger partial charge in [-0.25, -0.2) is 4.79 Å². The molecule has 2 N–H and O–H groups in total. The summed E-state index contributed by atoms with van der Waals surface area (Å²) < 4.78 is 0. The van der Waals surface area contributed by atoms with Crippen LogP contribution in [0.15, 0.2) is 36.5 Å². The van der Waals surface area contributed by atoms with Gasteiger partial charge in [0.25, 0.3) is 0 Å². The average Bonchev–Trinajstić information content (AvgIpc) is 2.43. The van der Waals surface area contributed by atoms with Gasteiger partial charge in [-0.3, -0.25) is 9.78 Å². The van der Waals surface area contributed by atoms with Gasteiger partial charge >= 0.3 is 5.97 Å². The molecular weight excluding hydrogens is 292 g/mol. The molecule has 0 saturated heterocycles. The zero-order valence-corrected chi connectivity index (χ0v) is 12.0. The molecule has 0 bridgehead atoms. The minimum absolute atomic E-state index is 0.0590. The quantitative estimate of drug-likeness (QED) is 0.910. The summed E-state index contributed by atoms with van der Waals surface area (Å²) in [4.78, 5) is 27.1. The topological polar surface area (TPSA) is 79.3 Å². The predicted octanol–water partition coefficient (Wildman–Crippen LogP) is 2.92. The average molecular weight is 305 g/mol. The van der Waals surface area contributed by atoms with E-state index in [1.807, 2.05) is 13.0 Å². The molecule has 6 heteroatoms. The molecule has 0 aliphatic heterocycles. The normalized spacial score (nSPS) is 10.2. The van der Waals surface area contributed by atoms with Crippen LogP contribution in [0, 0.1) is 6.92 Å². The minimum Gasteiger partial charge on any atom is -0.478 e. The van der Waals surface area contributed by atoms with E-state index in [1.54, 1.807) is 12.3 Å². The van der Waals surface area contributed by atoms with Crippen LogP contribution >= 0.6 is 11.6 Å². The summed E-state index contributed by atoms with van der Waals surface area (Å²) in [5.41, 5.74) is 1.91. The Hall–Kier alpha value is -2.40. The molecule has 1 amide bonds. The van der Waals surface area contributed by atoms with Crippen LogP contribution in [-0.2, 0) is 11.2 Å². The van der Waals surface area contributed by atoms with Crippen molar-refractivity contribution in [2.75, 3.05) is 5.32 Å². The molecule has 0 radical (unpaired) electrons. The Bertz CT molecular complexity index is 701. The maximum Gasteiger partial charge on any atom is 0.335 e. The molecule has 2 aromatic rings. The van der Waals surface area contributed by atoms with E-state index in [0.29, 0.717) is 5.69 Å². The summed E-state index contributed by atoms with van der Waals surface area (Å²) in [6.07, 6.45) is 1.72. The lowest BCUT2D eigenvalue weighted by atomic mass is 10.1. The number of hydrogen-bond donors (Lipinski definition) is 2. The fourth-order valence-corrected chi connectivity index (χ4v) is 1.97. The van der Waals surface area contributed by atoms with E-state index in [9.17, 15) is 9.59 Å². The zero-order chi connectivity index (χ0) is 15.4. The van der Waals surface area contributed by atoms with E-state index in [2.05, 4.69) is 10.3 Å². The lowest BCUT2D eigenvalue weighted by molar-refractivity contribution is -0.115.